The third kappa shape index (κ3) is 3.09. The van der Waals surface area contributed by atoms with Crippen LogP contribution in [0.15, 0.2) is 18.2 Å². The van der Waals surface area contributed by atoms with E-state index < -0.39 is 17.5 Å². The predicted octanol–water partition coefficient (Wildman–Crippen LogP) is 2.24. The number of hydrogen-bond donors (Lipinski definition) is 2. The highest BCUT2D eigenvalue weighted by Gasteiger charge is 2.25. The maximum absolute atomic E-state index is 11.3. The van der Waals surface area contributed by atoms with Crippen molar-refractivity contribution in [3.63, 3.8) is 0 Å². The minimum Gasteiger partial charge on any atom is -0.479 e. The zero-order valence-electron chi connectivity index (χ0n) is 10.2. The van der Waals surface area contributed by atoms with E-state index in [1.165, 1.54) is 13.0 Å². The minimum atomic E-state index is -1.67. The molecule has 0 aliphatic carbocycles. The van der Waals surface area contributed by atoms with Crippen LogP contribution in [0.2, 0.25) is 0 Å². The van der Waals surface area contributed by atoms with E-state index in [0.29, 0.717) is 5.56 Å². The van der Waals surface area contributed by atoms with Crippen molar-refractivity contribution in [1.29, 1.82) is 0 Å². The lowest BCUT2D eigenvalue weighted by atomic mass is 9.95. The molecule has 0 amide bonds. The van der Waals surface area contributed by atoms with Gasteiger partial charge in [-0.2, -0.15) is 0 Å². The van der Waals surface area contributed by atoms with Crippen LogP contribution in [0.1, 0.15) is 42.0 Å². The SMILES string of the molecule is CCc1ccc(C(O)C(=O)O)c(C(Cl)C(C)=O)c1. The van der Waals surface area contributed by atoms with Crippen molar-refractivity contribution in [1.82, 2.24) is 0 Å². The molecule has 1 aromatic rings. The molecule has 0 fully saturated rings. The summed E-state index contributed by atoms with van der Waals surface area (Å²) in [7, 11) is 0. The Kier molecular flexibility index (Phi) is 4.87. The first kappa shape index (κ1) is 14.7. The number of carbonyl (C=O) groups excluding carboxylic acids is 1. The van der Waals surface area contributed by atoms with Gasteiger partial charge in [0.2, 0.25) is 0 Å². The van der Waals surface area contributed by atoms with E-state index in [-0.39, 0.29) is 11.3 Å². The Morgan fingerprint density at radius 2 is 1.94 bits per heavy atom. The van der Waals surface area contributed by atoms with Gasteiger partial charge in [0.1, 0.15) is 5.38 Å². The van der Waals surface area contributed by atoms with E-state index >= 15 is 0 Å². The molecule has 0 bridgehead atoms. The van der Waals surface area contributed by atoms with E-state index in [1.807, 2.05) is 6.92 Å². The summed E-state index contributed by atoms with van der Waals surface area (Å²) in [5, 5.41) is 17.5. The topological polar surface area (TPSA) is 74.6 Å². The van der Waals surface area contributed by atoms with Gasteiger partial charge < -0.3 is 10.2 Å². The summed E-state index contributed by atoms with van der Waals surface area (Å²) in [6.45, 7) is 3.26. The average Bonchev–Trinajstić information content (AvgIpc) is 2.35. The van der Waals surface area contributed by atoms with Crippen molar-refractivity contribution in [2.75, 3.05) is 0 Å². The zero-order chi connectivity index (χ0) is 13.9. The first-order valence-corrected chi connectivity index (χ1v) is 6.00. The van der Waals surface area contributed by atoms with Gasteiger partial charge in [-0.25, -0.2) is 4.79 Å². The Labute approximate surface area is 110 Å². The van der Waals surface area contributed by atoms with Crippen LogP contribution in [0, 0.1) is 0 Å². The molecule has 0 aliphatic rings. The molecule has 2 atom stereocenters. The Hall–Kier alpha value is -1.39. The smallest absolute Gasteiger partial charge is 0.337 e. The van der Waals surface area contributed by atoms with Crippen molar-refractivity contribution in [2.45, 2.75) is 31.7 Å². The fraction of sp³-hybridized carbons (Fsp3) is 0.385. The Balaban J connectivity index is 3.33. The van der Waals surface area contributed by atoms with Crippen LogP contribution >= 0.6 is 11.6 Å². The number of Topliss-reactive ketones (excluding diaryl/α,β-unsaturated/α-hetero) is 1. The number of aliphatic carboxylic acids is 1. The molecular weight excluding hydrogens is 256 g/mol. The maximum atomic E-state index is 11.3. The normalized spacial score (nSPS) is 14.0. The summed E-state index contributed by atoms with van der Waals surface area (Å²) in [5.74, 6) is -1.66. The van der Waals surface area contributed by atoms with Gasteiger partial charge in [0, 0.05) is 0 Å². The van der Waals surface area contributed by atoms with Crippen molar-refractivity contribution in [3.8, 4) is 0 Å². The van der Waals surface area contributed by atoms with E-state index in [2.05, 4.69) is 0 Å². The molecule has 0 aliphatic heterocycles. The standard InChI is InChI=1S/C13H15ClO4/c1-3-8-4-5-9(12(16)13(17)18)10(6-8)11(14)7(2)15/h4-6,11-12,16H,3H2,1-2H3,(H,17,18). The number of aryl methyl sites for hydroxylation is 1. The lowest BCUT2D eigenvalue weighted by Crippen LogP contribution is -2.15. The lowest BCUT2D eigenvalue weighted by Gasteiger charge is -2.16. The van der Waals surface area contributed by atoms with E-state index in [1.54, 1.807) is 12.1 Å². The van der Waals surface area contributed by atoms with Gasteiger partial charge in [0.15, 0.2) is 11.9 Å². The van der Waals surface area contributed by atoms with Crippen LogP contribution < -0.4 is 0 Å². The molecule has 4 nitrogen and oxygen atoms in total. The summed E-state index contributed by atoms with van der Waals surface area (Å²) in [5.41, 5.74) is 1.45. The number of hydrogen-bond acceptors (Lipinski definition) is 3. The second kappa shape index (κ2) is 5.98. The summed E-state index contributed by atoms with van der Waals surface area (Å²) >= 11 is 5.97. The minimum absolute atomic E-state index is 0.162. The number of carboxylic acid groups (broad SMARTS) is 1. The van der Waals surface area contributed by atoms with Crippen LogP contribution in [0.25, 0.3) is 0 Å². The number of ketones is 1. The first-order valence-electron chi connectivity index (χ1n) is 5.56. The molecule has 0 aromatic heterocycles. The monoisotopic (exact) mass is 270 g/mol. The van der Waals surface area contributed by atoms with Crippen molar-refractivity contribution in [3.05, 3.63) is 34.9 Å². The van der Waals surface area contributed by atoms with Crippen LogP contribution in [-0.2, 0) is 16.0 Å². The quantitative estimate of drug-likeness (QED) is 0.805. The van der Waals surface area contributed by atoms with Crippen molar-refractivity contribution < 1.29 is 19.8 Å². The van der Waals surface area contributed by atoms with Crippen molar-refractivity contribution >= 4 is 23.4 Å². The number of carboxylic acids is 1. The van der Waals surface area contributed by atoms with Crippen LogP contribution in [0.5, 0.6) is 0 Å². The largest absolute Gasteiger partial charge is 0.479 e. The molecular formula is C13H15ClO4. The number of rotatable bonds is 5. The molecule has 2 unspecified atom stereocenters. The van der Waals surface area contributed by atoms with Crippen molar-refractivity contribution in [2.24, 2.45) is 0 Å². The molecule has 0 heterocycles. The van der Waals surface area contributed by atoms with E-state index in [4.69, 9.17) is 16.7 Å². The number of aliphatic hydroxyl groups is 1. The summed E-state index contributed by atoms with van der Waals surface area (Å²) in [4.78, 5) is 22.1. The van der Waals surface area contributed by atoms with E-state index in [0.717, 1.165) is 12.0 Å². The van der Waals surface area contributed by atoms with Crippen LogP contribution in [-0.4, -0.2) is 22.0 Å². The molecule has 2 N–H and O–H groups in total. The van der Waals surface area contributed by atoms with E-state index in [9.17, 15) is 14.7 Å². The van der Waals surface area contributed by atoms with Crippen LogP contribution in [0.3, 0.4) is 0 Å². The second-order valence-electron chi connectivity index (χ2n) is 4.03. The van der Waals surface area contributed by atoms with Crippen LogP contribution in [0.4, 0.5) is 0 Å². The Morgan fingerprint density at radius 3 is 2.39 bits per heavy atom. The van der Waals surface area contributed by atoms with Gasteiger partial charge in [0.25, 0.3) is 0 Å². The zero-order valence-corrected chi connectivity index (χ0v) is 10.9. The van der Waals surface area contributed by atoms with Gasteiger partial charge in [-0.3, -0.25) is 4.79 Å². The Bertz CT molecular complexity index is 470. The number of aliphatic hydroxyl groups excluding tert-OH is 1. The second-order valence-corrected chi connectivity index (χ2v) is 4.47. The number of carbonyl (C=O) groups is 2. The summed E-state index contributed by atoms with van der Waals surface area (Å²) in [6, 6.07) is 4.89. The van der Waals surface area contributed by atoms with Gasteiger partial charge in [-0.15, -0.1) is 11.6 Å². The third-order valence-corrected chi connectivity index (χ3v) is 3.26. The highest BCUT2D eigenvalue weighted by molar-refractivity contribution is 6.31. The highest BCUT2D eigenvalue weighted by atomic mass is 35.5. The summed E-state index contributed by atoms with van der Waals surface area (Å²) in [6.07, 6.45) is -0.940. The predicted molar refractivity (Wildman–Crippen MR) is 67.7 cm³/mol. The lowest BCUT2D eigenvalue weighted by molar-refractivity contribution is -0.147. The maximum Gasteiger partial charge on any atom is 0.337 e. The van der Waals surface area contributed by atoms with Gasteiger partial charge in [-0.1, -0.05) is 25.1 Å². The number of halogens is 1. The Morgan fingerprint density at radius 1 is 1.33 bits per heavy atom. The first-order chi connectivity index (χ1) is 8.38. The summed E-state index contributed by atoms with van der Waals surface area (Å²) < 4.78 is 0. The molecule has 1 aromatic carbocycles. The average molecular weight is 271 g/mol. The molecule has 0 radical (unpaired) electrons. The molecule has 0 spiro atoms. The fourth-order valence-electron chi connectivity index (χ4n) is 1.66. The van der Waals surface area contributed by atoms with Gasteiger partial charge in [0.05, 0.1) is 0 Å². The highest BCUT2D eigenvalue weighted by Crippen LogP contribution is 2.30. The molecule has 0 saturated heterocycles. The number of alkyl halides is 1. The number of benzene rings is 1. The van der Waals surface area contributed by atoms with Gasteiger partial charge >= 0.3 is 5.97 Å². The molecule has 18 heavy (non-hydrogen) atoms. The molecule has 1 rings (SSSR count). The van der Waals surface area contributed by atoms with Gasteiger partial charge in [-0.05, 0) is 30.0 Å². The molecule has 0 saturated carbocycles. The molecule has 98 valence electrons. The fourth-order valence-corrected chi connectivity index (χ4v) is 1.85. The third-order valence-electron chi connectivity index (χ3n) is 2.72. The molecule has 5 heteroatoms.